The molecule has 2 saturated heterocycles. The highest BCUT2D eigenvalue weighted by Gasteiger charge is 2.48. The molecular formula is C22H29N5O3. The van der Waals surface area contributed by atoms with E-state index in [1.165, 1.54) is 0 Å². The Labute approximate surface area is 176 Å². The number of aromatic nitrogens is 2. The molecule has 1 aromatic carbocycles. The topological polar surface area (TPSA) is 97.4 Å². The molecule has 2 aliphatic heterocycles. The molecule has 2 amide bonds. The fourth-order valence-corrected chi connectivity index (χ4v) is 3.76. The third kappa shape index (κ3) is 4.71. The zero-order valence-corrected chi connectivity index (χ0v) is 17.6. The van der Waals surface area contributed by atoms with E-state index >= 15 is 0 Å². The minimum atomic E-state index is -0.227. The van der Waals surface area contributed by atoms with Crippen molar-refractivity contribution in [2.45, 2.75) is 57.0 Å². The lowest BCUT2D eigenvalue weighted by atomic mass is 9.92. The van der Waals surface area contributed by atoms with Crippen molar-refractivity contribution in [1.82, 2.24) is 20.6 Å². The summed E-state index contributed by atoms with van der Waals surface area (Å²) >= 11 is 0. The third-order valence-corrected chi connectivity index (χ3v) is 5.40. The zero-order valence-electron chi connectivity index (χ0n) is 17.6. The van der Waals surface area contributed by atoms with Crippen LogP contribution in [0.25, 0.3) is 0 Å². The van der Waals surface area contributed by atoms with Gasteiger partial charge in [0.2, 0.25) is 5.95 Å². The number of amides is 2. The van der Waals surface area contributed by atoms with E-state index in [0.29, 0.717) is 25.7 Å². The first-order valence-corrected chi connectivity index (χ1v) is 10.3. The van der Waals surface area contributed by atoms with E-state index < -0.39 is 0 Å². The van der Waals surface area contributed by atoms with Crippen molar-refractivity contribution >= 4 is 12.0 Å². The maximum Gasteiger partial charge on any atom is 0.315 e. The molecule has 0 spiro atoms. The molecular weight excluding hydrogens is 382 g/mol. The van der Waals surface area contributed by atoms with Crippen LogP contribution in [0.5, 0.6) is 0 Å². The van der Waals surface area contributed by atoms with Crippen LogP contribution in [0.4, 0.5) is 10.7 Å². The van der Waals surface area contributed by atoms with Crippen LogP contribution in [-0.4, -0.2) is 53.5 Å². The number of hydrogen-bond acceptors (Lipinski definition) is 6. The van der Waals surface area contributed by atoms with Gasteiger partial charge in [-0.15, -0.1) is 0 Å². The first kappa shape index (κ1) is 20.6. The van der Waals surface area contributed by atoms with E-state index in [-0.39, 0.29) is 35.7 Å². The molecule has 4 rings (SSSR count). The van der Waals surface area contributed by atoms with Crippen LogP contribution in [0.2, 0.25) is 0 Å². The van der Waals surface area contributed by atoms with Gasteiger partial charge in [0.25, 0.3) is 0 Å². The summed E-state index contributed by atoms with van der Waals surface area (Å²) in [7, 11) is 0. The summed E-state index contributed by atoms with van der Waals surface area (Å²) in [5, 5.41) is 9.20. The molecule has 8 nitrogen and oxygen atoms in total. The van der Waals surface area contributed by atoms with Crippen LogP contribution in [0.3, 0.4) is 0 Å². The molecule has 1 aromatic heterocycles. The number of carbonyl (C=O) groups is 1. The van der Waals surface area contributed by atoms with Gasteiger partial charge in [-0.05, 0) is 11.6 Å². The molecule has 3 N–H and O–H groups in total. The number of benzene rings is 1. The Kier molecular flexibility index (Phi) is 5.87. The number of rotatable bonds is 5. The van der Waals surface area contributed by atoms with E-state index in [9.17, 15) is 4.79 Å². The molecule has 3 heterocycles. The van der Waals surface area contributed by atoms with E-state index in [1.807, 2.05) is 36.4 Å². The SMILES string of the molecule is CC(C)(C)c1ccnc(N[C@H]2CO[C@H]3[C@@H]2OC[C@@H]3NC(=O)NCc2ccccc2)n1. The zero-order chi connectivity index (χ0) is 21.1. The Bertz CT molecular complexity index is 871. The molecule has 0 unspecified atom stereocenters. The number of fused-ring (bicyclic) bond motifs is 1. The van der Waals surface area contributed by atoms with Crippen molar-refractivity contribution in [3.05, 3.63) is 53.9 Å². The van der Waals surface area contributed by atoms with Gasteiger partial charge in [-0.3, -0.25) is 0 Å². The Balaban J connectivity index is 1.31. The van der Waals surface area contributed by atoms with Crippen LogP contribution in [0, 0.1) is 0 Å². The van der Waals surface area contributed by atoms with Gasteiger partial charge in [0.15, 0.2) is 0 Å². The van der Waals surface area contributed by atoms with Gasteiger partial charge in [-0.25, -0.2) is 14.8 Å². The van der Waals surface area contributed by atoms with Crippen LogP contribution in [-0.2, 0) is 21.4 Å². The summed E-state index contributed by atoms with van der Waals surface area (Å²) in [6, 6.07) is 11.2. The van der Waals surface area contributed by atoms with Gasteiger partial charge >= 0.3 is 6.03 Å². The normalized spacial score (nSPS) is 25.6. The second-order valence-electron chi connectivity index (χ2n) is 8.78. The molecule has 160 valence electrons. The second-order valence-corrected chi connectivity index (χ2v) is 8.78. The smallest absolute Gasteiger partial charge is 0.315 e. The molecule has 0 saturated carbocycles. The van der Waals surface area contributed by atoms with Crippen LogP contribution in [0.15, 0.2) is 42.6 Å². The summed E-state index contributed by atoms with van der Waals surface area (Å²) in [5.41, 5.74) is 1.96. The van der Waals surface area contributed by atoms with Crippen molar-refractivity contribution in [3.8, 4) is 0 Å². The summed E-state index contributed by atoms with van der Waals surface area (Å²) < 4.78 is 11.9. The third-order valence-electron chi connectivity index (χ3n) is 5.40. The van der Waals surface area contributed by atoms with Gasteiger partial charge in [-0.1, -0.05) is 51.1 Å². The fourth-order valence-electron chi connectivity index (χ4n) is 3.76. The monoisotopic (exact) mass is 411 g/mol. The van der Waals surface area contributed by atoms with Gasteiger partial charge < -0.3 is 25.4 Å². The number of carbonyl (C=O) groups excluding carboxylic acids is 1. The van der Waals surface area contributed by atoms with E-state index in [1.54, 1.807) is 6.20 Å². The lowest BCUT2D eigenvalue weighted by molar-refractivity contribution is 0.0682. The summed E-state index contributed by atoms with van der Waals surface area (Å²) in [6.45, 7) is 7.71. The van der Waals surface area contributed by atoms with Crippen molar-refractivity contribution in [1.29, 1.82) is 0 Å². The van der Waals surface area contributed by atoms with Crippen LogP contribution in [0.1, 0.15) is 32.0 Å². The Morgan fingerprint density at radius 1 is 1.07 bits per heavy atom. The Morgan fingerprint density at radius 2 is 1.77 bits per heavy atom. The lowest BCUT2D eigenvalue weighted by Gasteiger charge is -2.21. The highest BCUT2D eigenvalue weighted by Crippen LogP contribution is 2.29. The largest absolute Gasteiger partial charge is 0.371 e. The van der Waals surface area contributed by atoms with Crippen LogP contribution >= 0.6 is 0 Å². The highest BCUT2D eigenvalue weighted by atomic mass is 16.6. The minimum Gasteiger partial charge on any atom is -0.371 e. The first-order chi connectivity index (χ1) is 14.4. The lowest BCUT2D eigenvalue weighted by Crippen LogP contribution is -2.48. The number of nitrogens with one attached hydrogen (secondary N) is 3. The standard InChI is InChI=1S/C22H29N5O3/c1-22(2,3)17-9-10-23-20(27-17)25-15-12-29-19-16(13-30-18(15)19)26-21(28)24-11-14-7-5-4-6-8-14/h4-10,15-16,18-19H,11-13H2,1-3H3,(H,23,25,27)(H2,24,26,28)/t15-,16-,18+,19+/m0/s1. The Hall–Kier alpha value is -2.71. The molecule has 0 aliphatic carbocycles. The van der Waals surface area contributed by atoms with Crippen molar-refractivity contribution in [2.24, 2.45) is 0 Å². The molecule has 0 radical (unpaired) electrons. The molecule has 0 bridgehead atoms. The molecule has 8 heteroatoms. The average Bonchev–Trinajstić information content (AvgIpc) is 3.30. The van der Waals surface area contributed by atoms with Crippen molar-refractivity contribution < 1.29 is 14.3 Å². The molecule has 30 heavy (non-hydrogen) atoms. The second kappa shape index (κ2) is 8.57. The molecule has 2 fully saturated rings. The minimum absolute atomic E-state index is 0.0555. The average molecular weight is 412 g/mol. The quantitative estimate of drug-likeness (QED) is 0.698. The van der Waals surface area contributed by atoms with Gasteiger partial charge in [0.05, 0.1) is 31.0 Å². The van der Waals surface area contributed by atoms with Crippen molar-refractivity contribution in [2.75, 3.05) is 18.5 Å². The van der Waals surface area contributed by atoms with Gasteiger partial charge in [-0.2, -0.15) is 0 Å². The summed E-state index contributed by atoms with van der Waals surface area (Å²) in [4.78, 5) is 21.3. The van der Waals surface area contributed by atoms with Gasteiger partial charge in [0.1, 0.15) is 12.2 Å². The summed E-state index contributed by atoms with van der Waals surface area (Å²) in [5.74, 6) is 0.567. The number of urea groups is 1. The van der Waals surface area contributed by atoms with E-state index in [0.717, 1.165) is 11.3 Å². The molecule has 2 aromatic rings. The molecule has 2 aliphatic rings. The maximum atomic E-state index is 12.3. The highest BCUT2D eigenvalue weighted by molar-refractivity contribution is 5.74. The van der Waals surface area contributed by atoms with E-state index in [2.05, 4.69) is 46.7 Å². The van der Waals surface area contributed by atoms with E-state index in [4.69, 9.17) is 9.47 Å². The fraction of sp³-hybridized carbons (Fsp3) is 0.500. The van der Waals surface area contributed by atoms with Crippen molar-refractivity contribution in [3.63, 3.8) is 0 Å². The molecule has 4 atom stereocenters. The van der Waals surface area contributed by atoms with Crippen LogP contribution < -0.4 is 16.0 Å². The van der Waals surface area contributed by atoms with Gasteiger partial charge in [0, 0.05) is 18.2 Å². The first-order valence-electron chi connectivity index (χ1n) is 10.3. The Morgan fingerprint density at radius 3 is 2.50 bits per heavy atom. The number of nitrogens with zero attached hydrogens (tertiary/aromatic N) is 2. The predicted molar refractivity (Wildman–Crippen MR) is 113 cm³/mol. The maximum absolute atomic E-state index is 12.3. The number of hydrogen-bond donors (Lipinski definition) is 3. The number of ether oxygens (including phenoxy) is 2. The number of anilines is 1. The summed E-state index contributed by atoms with van der Waals surface area (Å²) in [6.07, 6.45) is 1.40. The predicted octanol–water partition coefficient (Wildman–Crippen LogP) is 2.22.